The molecule has 1 N–H and O–H groups in total. The molecule has 3 nitrogen and oxygen atoms in total. The van der Waals surface area contributed by atoms with Gasteiger partial charge in [0.15, 0.2) is 0 Å². The number of ether oxygens (including phenoxy) is 1. The molecule has 0 spiro atoms. The van der Waals surface area contributed by atoms with Gasteiger partial charge in [0.2, 0.25) is 0 Å². The van der Waals surface area contributed by atoms with Gasteiger partial charge >= 0.3 is 0 Å². The molecule has 0 fully saturated rings. The maximum Gasteiger partial charge on any atom is 0.123 e. The quantitative estimate of drug-likeness (QED) is 0.416. The lowest BCUT2D eigenvalue weighted by molar-refractivity contribution is 0.242. The van der Waals surface area contributed by atoms with Gasteiger partial charge in [0, 0.05) is 29.0 Å². The van der Waals surface area contributed by atoms with Crippen LogP contribution in [0.15, 0.2) is 66.7 Å². The third-order valence-corrected chi connectivity index (χ3v) is 5.73. The molecule has 0 amide bonds. The summed E-state index contributed by atoms with van der Waals surface area (Å²) in [6.45, 7) is 17.7. The highest BCUT2D eigenvalue weighted by atomic mass is 16.5. The average Bonchev–Trinajstić information content (AvgIpc) is 2.72. The number of hydrogen-bond acceptors (Lipinski definition) is 3. The highest BCUT2D eigenvalue weighted by Crippen LogP contribution is 2.43. The molecule has 3 aromatic rings. The Kier molecular flexibility index (Phi) is 7.11. The minimum atomic E-state index is -0.187. The summed E-state index contributed by atoms with van der Waals surface area (Å²) in [7, 11) is 0. The molecule has 0 aliphatic rings. The lowest BCUT2D eigenvalue weighted by Gasteiger charge is -2.32. The first-order valence-electron chi connectivity index (χ1n) is 11.8. The maximum absolute atomic E-state index is 11.2. The average molecular weight is 446 g/mol. The first kappa shape index (κ1) is 24.7. The van der Waals surface area contributed by atoms with Crippen LogP contribution in [0.2, 0.25) is 0 Å². The standard InChI is InChI=1S/C30H39NO2/c1-21(2)33-25-16-14-23(15-17-25)31(20-22-12-10-9-11-13-22)24-18-26(29(3,4)5)28(32)27(19-24)30(6,7)8/h9-19,21,32H,20H2,1-8H3. The molecule has 0 atom stereocenters. The zero-order valence-corrected chi connectivity index (χ0v) is 21.4. The molecule has 0 heterocycles. The van der Waals surface area contributed by atoms with E-state index in [1.54, 1.807) is 0 Å². The van der Waals surface area contributed by atoms with Crippen LogP contribution in [-0.4, -0.2) is 11.2 Å². The second-order valence-corrected chi connectivity index (χ2v) is 11.1. The molecule has 176 valence electrons. The molecule has 0 aliphatic heterocycles. The van der Waals surface area contributed by atoms with Gasteiger partial charge in [-0.15, -0.1) is 0 Å². The Morgan fingerprint density at radius 1 is 0.758 bits per heavy atom. The van der Waals surface area contributed by atoms with Crippen LogP contribution in [0.4, 0.5) is 11.4 Å². The van der Waals surface area contributed by atoms with E-state index >= 15 is 0 Å². The highest BCUT2D eigenvalue weighted by Gasteiger charge is 2.28. The van der Waals surface area contributed by atoms with Gasteiger partial charge in [0.25, 0.3) is 0 Å². The number of hydrogen-bond donors (Lipinski definition) is 1. The van der Waals surface area contributed by atoms with Gasteiger partial charge in [0.05, 0.1) is 6.10 Å². The number of rotatable bonds is 6. The fraction of sp³-hybridized carbons (Fsp3) is 0.400. The Labute approximate surface area is 200 Å². The minimum Gasteiger partial charge on any atom is -0.507 e. The molecule has 0 bridgehead atoms. The van der Waals surface area contributed by atoms with E-state index in [2.05, 4.69) is 95.0 Å². The van der Waals surface area contributed by atoms with E-state index in [-0.39, 0.29) is 16.9 Å². The fourth-order valence-corrected chi connectivity index (χ4v) is 3.99. The summed E-state index contributed by atoms with van der Waals surface area (Å²) in [6, 6.07) is 23.1. The lowest BCUT2D eigenvalue weighted by Crippen LogP contribution is -2.21. The topological polar surface area (TPSA) is 32.7 Å². The van der Waals surface area contributed by atoms with Gasteiger partial charge < -0.3 is 14.7 Å². The molecule has 0 saturated heterocycles. The molecular weight excluding hydrogens is 406 g/mol. The van der Waals surface area contributed by atoms with Gasteiger partial charge in [-0.05, 0) is 66.6 Å². The summed E-state index contributed by atoms with van der Waals surface area (Å²) >= 11 is 0. The van der Waals surface area contributed by atoms with Crippen LogP contribution in [0.25, 0.3) is 0 Å². The van der Waals surface area contributed by atoms with E-state index in [4.69, 9.17) is 4.74 Å². The van der Waals surface area contributed by atoms with Crippen LogP contribution in [0.3, 0.4) is 0 Å². The first-order chi connectivity index (χ1) is 15.4. The zero-order chi connectivity index (χ0) is 24.4. The van der Waals surface area contributed by atoms with Crippen molar-refractivity contribution in [3.05, 3.63) is 83.4 Å². The third kappa shape index (κ3) is 6.10. The van der Waals surface area contributed by atoms with Gasteiger partial charge in [-0.1, -0.05) is 71.9 Å². The van der Waals surface area contributed by atoms with Gasteiger partial charge in [-0.3, -0.25) is 0 Å². The maximum atomic E-state index is 11.2. The number of phenolic OH excluding ortho intramolecular Hbond substituents is 1. The predicted molar refractivity (Wildman–Crippen MR) is 140 cm³/mol. The zero-order valence-electron chi connectivity index (χ0n) is 21.4. The summed E-state index contributed by atoms with van der Waals surface area (Å²) in [5.74, 6) is 1.27. The van der Waals surface area contributed by atoms with E-state index in [1.165, 1.54) is 5.56 Å². The van der Waals surface area contributed by atoms with Crippen LogP contribution in [0.1, 0.15) is 72.1 Å². The number of benzene rings is 3. The van der Waals surface area contributed by atoms with Crippen molar-refractivity contribution in [2.45, 2.75) is 78.9 Å². The summed E-state index contributed by atoms with van der Waals surface area (Å²) in [5, 5.41) is 11.2. The van der Waals surface area contributed by atoms with Crippen molar-refractivity contribution in [3.8, 4) is 11.5 Å². The van der Waals surface area contributed by atoms with Crippen LogP contribution in [0.5, 0.6) is 11.5 Å². The third-order valence-electron chi connectivity index (χ3n) is 5.73. The Bertz CT molecular complexity index is 1020. The summed E-state index contributed by atoms with van der Waals surface area (Å²) in [5.41, 5.74) is 4.93. The monoisotopic (exact) mass is 445 g/mol. The number of aromatic hydroxyl groups is 1. The summed E-state index contributed by atoms with van der Waals surface area (Å²) in [4.78, 5) is 2.32. The van der Waals surface area contributed by atoms with Gasteiger partial charge in [0.1, 0.15) is 11.5 Å². The van der Waals surface area contributed by atoms with Crippen LogP contribution in [-0.2, 0) is 17.4 Å². The molecule has 3 heteroatoms. The molecule has 0 saturated carbocycles. The Hall–Kier alpha value is -2.94. The van der Waals surface area contributed by atoms with Crippen molar-refractivity contribution >= 4 is 11.4 Å². The summed E-state index contributed by atoms with van der Waals surface area (Å²) in [6.07, 6.45) is 0.136. The lowest BCUT2D eigenvalue weighted by atomic mass is 9.79. The molecule has 0 aliphatic carbocycles. The Balaban J connectivity index is 2.17. The van der Waals surface area contributed by atoms with E-state index in [9.17, 15) is 5.11 Å². The molecule has 0 radical (unpaired) electrons. The van der Waals surface area contributed by atoms with Crippen LogP contribution < -0.4 is 9.64 Å². The van der Waals surface area contributed by atoms with Crippen molar-refractivity contribution in [1.29, 1.82) is 0 Å². The minimum absolute atomic E-state index is 0.136. The Morgan fingerprint density at radius 3 is 1.73 bits per heavy atom. The fourth-order valence-electron chi connectivity index (χ4n) is 3.99. The normalized spacial score (nSPS) is 12.2. The summed E-state index contributed by atoms with van der Waals surface area (Å²) < 4.78 is 5.86. The molecule has 33 heavy (non-hydrogen) atoms. The van der Waals surface area contributed by atoms with E-state index < -0.39 is 0 Å². The number of nitrogens with zero attached hydrogens (tertiary/aromatic N) is 1. The highest BCUT2D eigenvalue weighted by molar-refractivity contribution is 5.69. The van der Waals surface area contributed by atoms with Crippen molar-refractivity contribution < 1.29 is 9.84 Å². The Morgan fingerprint density at radius 2 is 1.27 bits per heavy atom. The number of anilines is 2. The smallest absolute Gasteiger partial charge is 0.123 e. The predicted octanol–water partition coefficient (Wildman–Crippen LogP) is 8.11. The molecule has 0 unspecified atom stereocenters. The first-order valence-corrected chi connectivity index (χ1v) is 11.8. The molecule has 0 aromatic heterocycles. The van der Waals surface area contributed by atoms with Gasteiger partial charge in [-0.2, -0.15) is 0 Å². The van der Waals surface area contributed by atoms with E-state index in [0.29, 0.717) is 5.75 Å². The van der Waals surface area contributed by atoms with Gasteiger partial charge in [-0.25, -0.2) is 0 Å². The number of phenols is 1. The van der Waals surface area contributed by atoms with Crippen molar-refractivity contribution in [2.24, 2.45) is 0 Å². The van der Waals surface area contributed by atoms with Crippen LogP contribution in [0, 0.1) is 0 Å². The second-order valence-electron chi connectivity index (χ2n) is 11.1. The SMILES string of the molecule is CC(C)Oc1ccc(N(Cc2ccccc2)c2cc(C(C)(C)C)c(O)c(C(C)(C)C)c2)cc1. The second kappa shape index (κ2) is 9.51. The van der Waals surface area contributed by atoms with E-state index in [0.717, 1.165) is 34.8 Å². The van der Waals surface area contributed by atoms with E-state index in [1.807, 2.05) is 32.0 Å². The molecule has 3 aromatic carbocycles. The molecular formula is C30H39NO2. The largest absolute Gasteiger partial charge is 0.507 e. The molecule has 3 rings (SSSR count). The van der Waals surface area contributed by atoms with Crippen molar-refractivity contribution in [3.63, 3.8) is 0 Å². The van der Waals surface area contributed by atoms with Crippen LogP contribution >= 0.6 is 0 Å². The van der Waals surface area contributed by atoms with Crippen molar-refractivity contribution in [2.75, 3.05) is 4.90 Å². The van der Waals surface area contributed by atoms with Crippen molar-refractivity contribution in [1.82, 2.24) is 0 Å².